The molecule has 0 aromatic carbocycles. The second-order valence-corrected chi connectivity index (χ2v) is 4.94. The van der Waals surface area contributed by atoms with Gasteiger partial charge in [-0.3, -0.25) is 14.6 Å². The molecule has 2 rings (SSSR count). The highest BCUT2D eigenvalue weighted by Crippen LogP contribution is 2.25. The molecule has 7 nitrogen and oxygen atoms in total. The summed E-state index contributed by atoms with van der Waals surface area (Å²) in [6.45, 7) is 0. The maximum atomic E-state index is 12.1. The van der Waals surface area contributed by atoms with Crippen molar-refractivity contribution in [2.75, 3.05) is 19.0 Å². The Bertz CT molecular complexity index is 671. The lowest BCUT2D eigenvalue weighted by Crippen LogP contribution is -2.28. The van der Waals surface area contributed by atoms with Crippen molar-refractivity contribution in [3.05, 3.63) is 35.9 Å². The summed E-state index contributed by atoms with van der Waals surface area (Å²) < 4.78 is 1.55. The van der Waals surface area contributed by atoms with E-state index in [1.165, 1.54) is 11.9 Å². The number of halogens is 1. The molecular weight excluding hydrogens is 306 g/mol. The normalized spacial score (nSPS) is 10.3. The molecule has 0 saturated heterocycles. The minimum absolute atomic E-state index is 0.102. The molecule has 0 fully saturated rings. The van der Waals surface area contributed by atoms with Crippen LogP contribution in [0.2, 0.25) is 5.15 Å². The Morgan fingerprint density at radius 1 is 1.41 bits per heavy atom. The Morgan fingerprint density at radius 3 is 2.82 bits per heavy atom. The van der Waals surface area contributed by atoms with Crippen LogP contribution in [-0.2, 0) is 9.59 Å². The molecule has 116 valence electrons. The molecule has 0 spiro atoms. The van der Waals surface area contributed by atoms with Crippen LogP contribution in [0.3, 0.4) is 0 Å². The largest absolute Gasteiger partial charge is 0.359 e. The molecule has 2 heterocycles. The van der Waals surface area contributed by atoms with Gasteiger partial charge in [0.2, 0.25) is 11.8 Å². The number of hydrogen-bond acceptors (Lipinski definition) is 4. The molecule has 0 aliphatic carbocycles. The Morgan fingerprint density at radius 2 is 2.18 bits per heavy atom. The number of nitrogens with zero attached hydrogens (tertiary/aromatic N) is 4. The number of rotatable bonds is 5. The molecule has 0 radical (unpaired) electrons. The average molecular weight is 322 g/mol. The second kappa shape index (κ2) is 7.04. The zero-order valence-electron chi connectivity index (χ0n) is 12.3. The number of nitrogens with one attached hydrogen (secondary N) is 1. The highest BCUT2D eigenvalue weighted by atomic mass is 35.5. The molecule has 0 aliphatic heterocycles. The van der Waals surface area contributed by atoms with Gasteiger partial charge in [-0.2, -0.15) is 5.10 Å². The number of aromatic nitrogens is 3. The summed E-state index contributed by atoms with van der Waals surface area (Å²) in [5.41, 5.74) is 1.22. The van der Waals surface area contributed by atoms with Crippen molar-refractivity contribution in [2.24, 2.45) is 0 Å². The van der Waals surface area contributed by atoms with E-state index in [0.29, 0.717) is 5.69 Å². The van der Waals surface area contributed by atoms with Crippen molar-refractivity contribution in [2.45, 2.75) is 12.8 Å². The SMILES string of the molecule is CNC(=O)CCC(=O)N(C)c1cn(-c2cccnc2)nc1Cl. The number of hydrogen-bond donors (Lipinski definition) is 1. The van der Waals surface area contributed by atoms with E-state index < -0.39 is 0 Å². The third-order valence-electron chi connectivity index (χ3n) is 3.14. The summed E-state index contributed by atoms with van der Waals surface area (Å²) in [5.74, 6) is -0.393. The van der Waals surface area contributed by atoms with Crippen molar-refractivity contribution >= 4 is 29.1 Å². The second-order valence-electron chi connectivity index (χ2n) is 4.59. The fourth-order valence-electron chi connectivity index (χ4n) is 1.84. The molecule has 22 heavy (non-hydrogen) atoms. The minimum Gasteiger partial charge on any atom is -0.359 e. The summed E-state index contributed by atoms with van der Waals surface area (Å²) in [4.78, 5) is 28.7. The standard InChI is InChI=1S/C14H16ClN5O2/c1-16-12(21)5-6-13(22)19(2)11-9-20(18-14(11)15)10-4-3-7-17-8-10/h3-4,7-9H,5-6H2,1-2H3,(H,16,21). The van der Waals surface area contributed by atoms with Crippen LogP contribution in [0.5, 0.6) is 0 Å². The van der Waals surface area contributed by atoms with Crippen LogP contribution < -0.4 is 10.2 Å². The molecule has 0 bridgehead atoms. The molecule has 8 heteroatoms. The summed E-state index contributed by atoms with van der Waals surface area (Å²) in [6, 6.07) is 3.61. The Labute approximate surface area is 132 Å². The van der Waals surface area contributed by atoms with Crippen LogP contribution >= 0.6 is 11.6 Å². The van der Waals surface area contributed by atoms with E-state index in [4.69, 9.17) is 11.6 Å². The zero-order valence-corrected chi connectivity index (χ0v) is 13.0. The van der Waals surface area contributed by atoms with E-state index in [0.717, 1.165) is 5.69 Å². The molecule has 0 atom stereocenters. The van der Waals surface area contributed by atoms with Crippen molar-refractivity contribution < 1.29 is 9.59 Å². The predicted octanol–water partition coefficient (Wildman–Crippen LogP) is 1.41. The quantitative estimate of drug-likeness (QED) is 0.903. The fraction of sp³-hybridized carbons (Fsp3) is 0.286. The Hall–Kier alpha value is -2.41. The van der Waals surface area contributed by atoms with Gasteiger partial charge in [0.25, 0.3) is 0 Å². The first kappa shape index (κ1) is 16.0. The molecule has 0 unspecified atom stereocenters. The van der Waals surface area contributed by atoms with Crippen LogP contribution in [0.15, 0.2) is 30.7 Å². The van der Waals surface area contributed by atoms with Crippen molar-refractivity contribution in [1.82, 2.24) is 20.1 Å². The van der Waals surface area contributed by atoms with Gasteiger partial charge in [0.05, 0.1) is 18.1 Å². The van der Waals surface area contributed by atoms with Gasteiger partial charge in [0.15, 0.2) is 5.15 Å². The van der Waals surface area contributed by atoms with Gasteiger partial charge < -0.3 is 10.2 Å². The first-order valence-corrected chi connectivity index (χ1v) is 7.03. The summed E-state index contributed by atoms with van der Waals surface area (Å²) in [5, 5.41) is 6.85. The predicted molar refractivity (Wildman–Crippen MR) is 83.1 cm³/mol. The Kier molecular flexibility index (Phi) is 5.11. The van der Waals surface area contributed by atoms with Crippen LogP contribution in [-0.4, -0.2) is 40.7 Å². The van der Waals surface area contributed by atoms with E-state index in [-0.39, 0.29) is 29.8 Å². The minimum atomic E-state index is -0.212. The average Bonchev–Trinajstić information content (AvgIpc) is 2.94. The van der Waals surface area contributed by atoms with Crippen LogP contribution in [0.1, 0.15) is 12.8 Å². The maximum Gasteiger partial charge on any atom is 0.227 e. The van der Waals surface area contributed by atoms with Crippen molar-refractivity contribution in [3.8, 4) is 5.69 Å². The smallest absolute Gasteiger partial charge is 0.227 e. The van der Waals surface area contributed by atoms with Gasteiger partial charge >= 0.3 is 0 Å². The number of anilines is 1. The van der Waals surface area contributed by atoms with Crippen LogP contribution in [0, 0.1) is 0 Å². The first-order valence-electron chi connectivity index (χ1n) is 6.65. The third-order valence-corrected chi connectivity index (χ3v) is 3.41. The van der Waals surface area contributed by atoms with Gasteiger partial charge in [0, 0.05) is 33.1 Å². The van der Waals surface area contributed by atoms with E-state index in [1.54, 1.807) is 36.4 Å². The monoisotopic (exact) mass is 321 g/mol. The van der Waals surface area contributed by atoms with Crippen LogP contribution in [0.25, 0.3) is 5.69 Å². The van der Waals surface area contributed by atoms with E-state index in [1.807, 2.05) is 6.07 Å². The van der Waals surface area contributed by atoms with Gasteiger partial charge in [-0.25, -0.2) is 4.68 Å². The molecule has 2 aromatic heterocycles. The Balaban J connectivity index is 2.13. The van der Waals surface area contributed by atoms with Gasteiger partial charge in [-0.15, -0.1) is 0 Å². The van der Waals surface area contributed by atoms with Gasteiger partial charge in [0.1, 0.15) is 5.69 Å². The van der Waals surface area contributed by atoms with E-state index in [9.17, 15) is 9.59 Å². The topological polar surface area (TPSA) is 80.1 Å². The van der Waals surface area contributed by atoms with Crippen molar-refractivity contribution in [3.63, 3.8) is 0 Å². The lowest BCUT2D eigenvalue weighted by Gasteiger charge is -2.15. The zero-order chi connectivity index (χ0) is 16.1. The molecule has 0 aliphatic rings. The summed E-state index contributed by atoms with van der Waals surface area (Å²) in [7, 11) is 3.13. The first-order chi connectivity index (χ1) is 10.5. The lowest BCUT2D eigenvalue weighted by molar-refractivity contribution is -0.124. The fourth-order valence-corrected chi connectivity index (χ4v) is 2.09. The molecule has 2 aromatic rings. The van der Waals surface area contributed by atoms with Crippen LogP contribution in [0.4, 0.5) is 5.69 Å². The highest BCUT2D eigenvalue weighted by molar-refractivity contribution is 6.32. The lowest BCUT2D eigenvalue weighted by atomic mass is 10.2. The molecule has 0 saturated carbocycles. The van der Waals surface area contributed by atoms with Crippen molar-refractivity contribution in [1.29, 1.82) is 0 Å². The molecule has 2 amide bonds. The molecular formula is C14H16ClN5O2. The summed E-state index contributed by atoms with van der Waals surface area (Å²) >= 11 is 6.10. The van der Waals surface area contributed by atoms with E-state index in [2.05, 4.69) is 15.4 Å². The maximum absolute atomic E-state index is 12.1. The number of carbonyl (C=O) groups excluding carboxylic acids is 2. The summed E-state index contributed by atoms with van der Waals surface area (Å²) in [6.07, 6.45) is 5.18. The number of amides is 2. The highest BCUT2D eigenvalue weighted by Gasteiger charge is 2.18. The van der Waals surface area contributed by atoms with Gasteiger partial charge in [-0.05, 0) is 12.1 Å². The number of carbonyl (C=O) groups is 2. The number of pyridine rings is 1. The van der Waals surface area contributed by atoms with E-state index >= 15 is 0 Å². The third kappa shape index (κ3) is 3.62. The molecule has 1 N–H and O–H groups in total. The van der Waals surface area contributed by atoms with Gasteiger partial charge in [-0.1, -0.05) is 11.6 Å².